The zero-order chi connectivity index (χ0) is 14.5. The Morgan fingerprint density at radius 3 is 2.70 bits per heavy atom. The van der Waals surface area contributed by atoms with Crippen molar-refractivity contribution in [3.8, 4) is 0 Å². The lowest BCUT2D eigenvalue weighted by Crippen LogP contribution is -2.51. The summed E-state index contributed by atoms with van der Waals surface area (Å²) in [7, 11) is 0. The Hall–Kier alpha value is -0.980. The number of carbonyl (C=O) groups excluding carboxylic acids is 1. The fourth-order valence-electron chi connectivity index (χ4n) is 2.41. The molecule has 0 spiro atoms. The molecule has 6 heteroatoms. The number of hydrogen-bond acceptors (Lipinski definition) is 5. The molecule has 2 heterocycles. The molecule has 1 fully saturated rings. The van der Waals surface area contributed by atoms with Crippen LogP contribution in [0.5, 0.6) is 0 Å². The second kappa shape index (κ2) is 7.15. The molecule has 0 N–H and O–H groups in total. The molecule has 1 amide bonds. The van der Waals surface area contributed by atoms with E-state index in [-0.39, 0.29) is 12.0 Å². The lowest BCUT2D eigenvalue weighted by atomic mass is 10.2. The first kappa shape index (κ1) is 15.4. The second-order valence-electron chi connectivity index (χ2n) is 5.06. The average molecular weight is 297 g/mol. The predicted molar refractivity (Wildman–Crippen MR) is 79.8 cm³/mol. The number of hydrogen-bond donors (Lipinski definition) is 0. The van der Waals surface area contributed by atoms with Crippen molar-refractivity contribution in [3.63, 3.8) is 0 Å². The van der Waals surface area contributed by atoms with E-state index in [2.05, 4.69) is 15.3 Å². The second-order valence-corrected chi connectivity index (χ2v) is 6.12. The number of nitrogens with zero attached hydrogens (tertiary/aromatic N) is 3. The third kappa shape index (κ3) is 4.01. The fraction of sp³-hybridized carbons (Fsp3) is 0.714. The Morgan fingerprint density at radius 1 is 1.45 bits per heavy atom. The van der Waals surface area contributed by atoms with Crippen LogP contribution in [-0.2, 0) is 16.1 Å². The van der Waals surface area contributed by atoms with Crippen LogP contribution in [0.1, 0.15) is 24.5 Å². The molecule has 1 aromatic heterocycles. The van der Waals surface area contributed by atoms with Gasteiger partial charge in [0.25, 0.3) is 5.91 Å². The number of piperazine rings is 1. The predicted octanol–water partition coefficient (Wildman–Crippen LogP) is 1.52. The summed E-state index contributed by atoms with van der Waals surface area (Å²) in [5, 5.41) is 3.23. The van der Waals surface area contributed by atoms with Gasteiger partial charge in [-0.1, -0.05) is 0 Å². The van der Waals surface area contributed by atoms with Gasteiger partial charge in [-0.2, -0.15) is 0 Å². The lowest BCUT2D eigenvalue weighted by Gasteiger charge is -2.35. The quantitative estimate of drug-likeness (QED) is 0.827. The van der Waals surface area contributed by atoms with Crippen LogP contribution in [0.4, 0.5) is 0 Å². The Balaban J connectivity index is 1.78. The highest BCUT2D eigenvalue weighted by atomic mass is 32.1. The largest absolute Gasteiger partial charge is 0.369 e. The number of ether oxygens (including phenoxy) is 1. The monoisotopic (exact) mass is 297 g/mol. The Kier molecular flexibility index (Phi) is 5.51. The van der Waals surface area contributed by atoms with E-state index in [1.165, 1.54) is 0 Å². The van der Waals surface area contributed by atoms with Crippen molar-refractivity contribution in [1.82, 2.24) is 14.8 Å². The number of aryl methyl sites for hydroxylation is 1. The molecule has 1 aliphatic heterocycles. The summed E-state index contributed by atoms with van der Waals surface area (Å²) in [6.45, 7) is 10.6. The zero-order valence-corrected chi connectivity index (χ0v) is 13.3. The number of carbonyl (C=O) groups is 1. The molecule has 0 radical (unpaired) electrons. The van der Waals surface area contributed by atoms with Crippen molar-refractivity contribution in [1.29, 1.82) is 0 Å². The van der Waals surface area contributed by atoms with Crippen molar-refractivity contribution in [3.05, 3.63) is 16.1 Å². The van der Waals surface area contributed by atoms with Crippen LogP contribution in [0, 0.1) is 6.92 Å². The minimum absolute atomic E-state index is 0.107. The first-order chi connectivity index (χ1) is 9.60. The Labute approximate surface area is 124 Å². The molecule has 0 bridgehead atoms. The van der Waals surface area contributed by atoms with E-state index in [9.17, 15) is 4.79 Å². The van der Waals surface area contributed by atoms with Gasteiger partial charge in [-0.25, -0.2) is 4.98 Å². The van der Waals surface area contributed by atoms with E-state index < -0.39 is 0 Å². The summed E-state index contributed by atoms with van der Waals surface area (Å²) >= 11 is 1.69. The van der Waals surface area contributed by atoms with Crippen molar-refractivity contribution in [2.24, 2.45) is 0 Å². The van der Waals surface area contributed by atoms with Crippen molar-refractivity contribution < 1.29 is 9.53 Å². The first-order valence-corrected chi connectivity index (χ1v) is 8.02. The van der Waals surface area contributed by atoms with Gasteiger partial charge in [-0.15, -0.1) is 11.3 Å². The summed E-state index contributed by atoms with van der Waals surface area (Å²) in [6.07, 6.45) is -0.326. The third-order valence-corrected chi connectivity index (χ3v) is 4.32. The minimum atomic E-state index is -0.326. The molecule has 1 aliphatic rings. The summed E-state index contributed by atoms with van der Waals surface area (Å²) in [6, 6.07) is 0. The molecule has 2 rings (SSSR count). The molecule has 0 aliphatic carbocycles. The van der Waals surface area contributed by atoms with Crippen LogP contribution in [0.15, 0.2) is 5.38 Å². The summed E-state index contributed by atoms with van der Waals surface area (Å²) in [5.74, 6) is 0.107. The van der Waals surface area contributed by atoms with Gasteiger partial charge in [0.2, 0.25) is 0 Å². The molecule has 0 saturated carbocycles. The van der Waals surface area contributed by atoms with Gasteiger partial charge in [-0.05, 0) is 20.8 Å². The van der Waals surface area contributed by atoms with Crippen LogP contribution in [0.25, 0.3) is 0 Å². The molecule has 1 aromatic rings. The third-order valence-electron chi connectivity index (χ3n) is 3.50. The van der Waals surface area contributed by atoms with E-state index >= 15 is 0 Å². The lowest BCUT2D eigenvalue weighted by molar-refractivity contribution is -0.144. The SMILES string of the molecule is CCO[C@@H](C)C(=O)N1CCN(Cc2csc(C)n2)CC1. The van der Waals surface area contributed by atoms with E-state index in [0.29, 0.717) is 6.61 Å². The topological polar surface area (TPSA) is 45.7 Å². The van der Waals surface area contributed by atoms with Crippen LogP contribution >= 0.6 is 11.3 Å². The van der Waals surface area contributed by atoms with Gasteiger partial charge in [0, 0.05) is 44.7 Å². The number of thiazole rings is 1. The molecule has 0 unspecified atom stereocenters. The molecule has 112 valence electrons. The van der Waals surface area contributed by atoms with Crippen LogP contribution in [0.2, 0.25) is 0 Å². The summed E-state index contributed by atoms with van der Waals surface area (Å²) < 4.78 is 5.37. The number of rotatable bonds is 5. The van der Waals surface area contributed by atoms with Gasteiger partial charge in [0.05, 0.1) is 10.7 Å². The number of amides is 1. The highest BCUT2D eigenvalue weighted by molar-refractivity contribution is 7.09. The molecular formula is C14H23N3O2S. The summed E-state index contributed by atoms with van der Waals surface area (Å²) in [4.78, 5) is 20.9. The van der Waals surface area contributed by atoms with Crippen molar-refractivity contribution >= 4 is 17.2 Å². The van der Waals surface area contributed by atoms with E-state index in [0.717, 1.165) is 43.4 Å². The maximum Gasteiger partial charge on any atom is 0.251 e. The standard InChI is InChI=1S/C14H23N3O2S/c1-4-19-11(2)14(18)17-7-5-16(6-8-17)9-13-10-20-12(3)15-13/h10-11H,4-9H2,1-3H3/t11-/m0/s1. The van der Waals surface area contributed by atoms with Gasteiger partial charge in [0.1, 0.15) is 6.10 Å². The first-order valence-electron chi connectivity index (χ1n) is 7.14. The molecule has 1 atom stereocenters. The Morgan fingerprint density at radius 2 is 2.15 bits per heavy atom. The van der Waals surface area contributed by atoms with Crippen LogP contribution < -0.4 is 0 Å². The molecular weight excluding hydrogens is 274 g/mol. The summed E-state index contributed by atoms with van der Waals surface area (Å²) in [5.41, 5.74) is 1.13. The van der Waals surface area contributed by atoms with Gasteiger partial charge >= 0.3 is 0 Å². The minimum Gasteiger partial charge on any atom is -0.369 e. The van der Waals surface area contributed by atoms with Crippen LogP contribution in [0.3, 0.4) is 0 Å². The van der Waals surface area contributed by atoms with Gasteiger partial charge in [-0.3, -0.25) is 9.69 Å². The molecule has 20 heavy (non-hydrogen) atoms. The maximum atomic E-state index is 12.1. The van der Waals surface area contributed by atoms with E-state index in [1.54, 1.807) is 11.3 Å². The molecule has 5 nitrogen and oxygen atoms in total. The normalized spacial score (nSPS) is 18.2. The van der Waals surface area contributed by atoms with Crippen LogP contribution in [-0.4, -0.2) is 59.6 Å². The highest BCUT2D eigenvalue weighted by Gasteiger charge is 2.25. The number of aromatic nitrogens is 1. The molecule has 1 saturated heterocycles. The van der Waals surface area contributed by atoms with Crippen molar-refractivity contribution in [2.75, 3.05) is 32.8 Å². The highest BCUT2D eigenvalue weighted by Crippen LogP contribution is 2.13. The van der Waals surface area contributed by atoms with Gasteiger partial charge in [0.15, 0.2) is 0 Å². The fourth-order valence-corrected chi connectivity index (χ4v) is 3.02. The molecule has 0 aromatic carbocycles. The average Bonchev–Trinajstić information content (AvgIpc) is 2.84. The maximum absolute atomic E-state index is 12.1. The Bertz CT molecular complexity index is 441. The van der Waals surface area contributed by atoms with E-state index in [4.69, 9.17) is 4.74 Å². The zero-order valence-electron chi connectivity index (χ0n) is 12.5. The van der Waals surface area contributed by atoms with Crippen molar-refractivity contribution in [2.45, 2.75) is 33.4 Å². The van der Waals surface area contributed by atoms with Gasteiger partial charge < -0.3 is 9.64 Å². The van der Waals surface area contributed by atoms with E-state index in [1.807, 2.05) is 25.7 Å². The smallest absolute Gasteiger partial charge is 0.251 e.